The molecule has 3 aromatic rings. The van der Waals surface area contributed by atoms with Crippen molar-refractivity contribution in [3.05, 3.63) is 52.8 Å². The number of nitrogens with zero attached hydrogens (tertiary/aromatic N) is 3. The second-order valence-electron chi connectivity index (χ2n) is 3.97. The summed E-state index contributed by atoms with van der Waals surface area (Å²) in [7, 11) is 0. The Bertz CT molecular complexity index is 756. The normalized spacial score (nSPS) is 10.6. The van der Waals surface area contributed by atoms with Crippen molar-refractivity contribution in [3.63, 3.8) is 0 Å². The third-order valence-corrected chi connectivity index (χ3v) is 3.30. The van der Waals surface area contributed by atoms with Crippen LogP contribution in [0.25, 0.3) is 22.4 Å². The summed E-state index contributed by atoms with van der Waals surface area (Å²) < 4.78 is 0.824. The summed E-state index contributed by atoms with van der Waals surface area (Å²) in [6.07, 6.45) is 3.68. The van der Waals surface area contributed by atoms with Gasteiger partial charge in [0.05, 0.1) is 11.1 Å². The van der Waals surface area contributed by atoms with Crippen molar-refractivity contribution in [1.29, 1.82) is 0 Å². The summed E-state index contributed by atoms with van der Waals surface area (Å²) in [6, 6.07) is 9.81. The van der Waals surface area contributed by atoms with Gasteiger partial charge in [-0.2, -0.15) is 0 Å². The lowest BCUT2D eigenvalue weighted by Crippen LogP contribution is -1.95. The molecule has 0 saturated heterocycles. The first-order chi connectivity index (χ1) is 9.28. The smallest absolute Gasteiger partial charge is 0.179 e. The molecular weight excluding hydrogens is 306 g/mol. The first kappa shape index (κ1) is 11.9. The summed E-state index contributed by atoms with van der Waals surface area (Å²) >= 11 is 3.48. The van der Waals surface area contributed by atoms with Crippen LogP contribution in [0.4, 0.5) is 0 Å². The number of hydrogen-bond donors (Lipinski definition) is 0. The summed E-state index contributed by atoms with van der Waals surface area (Å²) in [5, 5.41) is 1.04. The predicted molar refractivity (Wildman–Crippen MR) is 75.9 cm³/mol. The molecule has 19 heavy (non-hydrogen) atoms. The molecule has 0 bridgehead atoms. The zero-order valence-corrected chi connectivity index (χ0v) is 11.3. The predicted octanol–water partition coefficient (Wildman–Crippen LogP) is 3.27. The van der Waals surface area contributed by atoms with Crippen LogP contribution < -0.4 is 0 Å². The van der Waals surface area contributed by atoms with E-state index in [0.717, 1.165) is 15.4 Å². The number of para-hydroxylation sites is 1. The van der Waals surface area contributed by atoms with Crippen molar-refractivity contribution < 1.29 is 4.79 Å². The quantitative estimate of drug-likeness (QED) is 0.681. The number of hydrogen-bond acceptors (Lipinski definition) is 4. The Hall–Kier alpha value is -2.14. The minimum Gasteiger partial charge on any atom is -0.298 e. The number of carbonyl (C=O) groups is 1. The Balaban J connectivity index is 2.17. The molecule has 2 heterocycles. The molecule has 0 N–H and O–H groups in total. The number of carbonyl (C=O) groups excluding carboxylic acids is 1. The SMILES string of the molecule is O=Cc1cnc(-c2nc3ccccc3cc2Br)nc1. The van der Waals surface area contributed by atoms with Crippen LogP contribution in [0.1, 0.15) is 10.4 Å². The molecule has 0 amide bonds. The van der Waals surface area contributed by atoms with Crippen molar-refractivity contribution >= 4 is 33.1 Å². The highest BCUT2D eigenvalue weighted by atomic mass is 79.9. The van der Waals surface area contributed by atoms with Crippen molar-refractivity contribution in [2.24, 2.45) is 0 Å². The molecule has 0 saturated carbocycles. The van der Waals surface area contributed by atoms with Crippen molar-refractivity contribution in [2.75, 3.05) is 0 Å². The molecule has 3 rings (SSSR count). The first-order valence-electron chi connectivity index (χ1n) is 5.61. The second kappa shape index (κ2) is 4.85. The highest BCUT2D eigenvalue weighted by molar-refractivity contribution is 9.10. The Morgan fingerprint density at radius 2 is 1.84 bits per heavy atom. The van der Waals surface area contributed by atoms with E-state index in [-0.39, 0.29) is 0 Å². The molecule has 0 atom stereocenters. The van der Waals surface area contributed by atoms with Gasteiger partial charge in [0.15, 0.2) is 12.1 Å². The van der Waals surface area contributed by atoms with Crippen molar-refractivity contribution in [3.8, 4) is 11.5 Å². The molecule has 4 nitrogen and oxygen atoms in total. The third-order valence-electron chi connectivity index (χ3n) is 2.70. The Labute approximate surface area is 117 Å². The molecule has 0 unspecified atom stereocenters. The molecule has 5 heteroatoms. The van der Waals surface area contributed by atoms with E-state index >= 15 is 0 Å². The van der Waals surface area contributed by atoms with Crippen LogP contribution in [0.3, 0.4) is 0 Å². The standard InChI is InChI=1S/C14H8BrN3O/c15-11-5-10-3-1-2-4-12(10)18-13(11)14-16-6-9(8-19)7-17-14/h1-8H. The van der Waals surface area contributed by atoms with E-state index in [1.165, 1.54) is 12.4 Å². The van der Waals surface area contributed by atoms with Crippen LogP contribution in [-0.4, -0.2) is 21.2 Å². The van der Waals surface area contributed by atoms with E-state index in [9.17, 15) is 4.79 Å². The van der Waals surface area contributed by atoms with Gasteiger partial charge in [0.1, 0.15) is 5.69 Å². The molecule has 0 aliphatic heterocycles. The van der Waals surface area contributed by atoms with Crippen LogP contribution in [0.15, 0.2) is 47.2 Å². The second-order valence-corrected chi connectivity index (χ2v) is 4.82. The minimum atomic E-state index is 0.445. The Kier molecular flexibility index (Phi) is 3.05. The van der Waals surface area contributed by atoms with E-state index in [1.807, 2.05) is 30.3 Å². The van der Waals surface area contributed by atoms with E-state index in [2.05, 4.69) is 30.9 Å². The van der Waals surface area contributed by atoms with E-state index < -0.39 is 0 Å². The molecule has 0 fully saturated rings. The average molecular weight is 314 g/mol. The van der Waals surface area contributed by atoms with Crippen LogP contribution in [-0.2, 0) is 0 Å². The van der Waals surface area contributed by atoms with E-state index in [4.69, 9.17) is 0 Å². The van der Waals surface area contributed by atoms with Gasteiger partial charge in [-0.1, -0.05) is 18.2 Å². The summed E-state index contributed by atoms with van der Waals surface area (Å²) in [5.41, 5.74) is 1.99. The number of pyridine rings is 1. The van der Waals surface area contributed by atoms with Crippen molar-refractivity contribution in [1.82, 2.24) is 15.0 Å². The molecule has 0 spiro atoms. The lowest BCUT2D eigenvalue weighted by Gasteiger charge is -2.04. The molecule has 0 aliphatic carbocycles. The fourth-order valence-electron chi connectivity index (χ4n) is 1.77. The maximum absolute atomic E-state index is 10.6. The van der Waals surface area contributed by atoms with Gasteiger partial charge >= 0.3 is 0 Å². The first-order valence-corrected chi connectivity index (χ1v) is 6.40. The lowest BCUT2D eigenvalue weighted by atomic mass is 10.2. The van der Waals surface area contributed by atoms with Gasteiger partial charge in [0.25, 0.3) is 0 Å². The third kappa shape index (κ3) is 2.24. The van der Waals surface area contributed by atoms with Gasteiger partial charge < -0.3 is 0 Å². The zero-order chi connectivity index (χ0) is 13.2. The lowest BCUT2D eigenvalue weighted by molar-refractivity contribution is 0.112. The van der Waals surface area contributed by atoms with E-state index in [1.54, 1.807) is 0 Å². The minimum absolute atomic E-state index is 0.445. The number of aldehydes is 1. The fraction of sp³-hybridized carbons (Fsp3) is 0. The van der Waals surface area contributed by atoms with Gasteiger partial charge in [-0.15, -0.1) is 0 Å². The van der Waals surface area contributed by atoms with Crippen LogP contribution in [0, 0.1) is 0 Å². The topological polar surface area (TPSA) is 55.7 Å². The zero-order valence-electron chi connectivity index (χ0n) is 9.75. The van der Waals surface area contributed by atoms with Crippen LogP contribution >= 0.6 is 15.9 Å². The number of halogens is 1. The Morgan fingerprint density at radius 1 is 1.11 bits per heavy atom. The number of benzene rings is 1. The highest BCUT2D eigenvalue weighted by Crippen LogP contribution is 2.27. The maximum Gasteiger partial charge on any atom is 0.179 e. The molecule has 92 valence electrons. The van der Waals surface area contributed by atoms with Gasteiger partial charge in [-0.3, -0.25) is 4.79 Å². The molecule has 1 aromatic carbocycles. The van der Waals surface area contributed by atoms with Crippen molar-refractivity contribution in [2.45, 2.75) is 0 Å². The summed E-state index contributed by atoms with van der Waals surface area (Å²) in [5.74, 6) is 0.489. The number of fused-ring (bicyclic) bond motifs is 1. The number of aromatic nitrogens is 3. The molecule has 0 radical (unpaired) electrons. The van der Waals surface area contributed by atoms with Crippen LogP contribution in [0.5, 0.6) is 0 Å². The van der Waals surface area contributed by atoms with E-state index in [0.29, 0.717) is 23.4 Å². The fourth-order valence-corrected chi connectivity index (χ4v) is 2.28. The van der Waals surface area contributed by atoms with Gasteiger partial charge in [-0.05, 0) is 28.1 Å². The van der Waals surface area contributed by atoms with Gasteiger partial charge in [0, 0.05) is 22.3 Å². The molecular formula is C14H8BrN3O. The van der Waals surface area contributed by atoms with Gasteiger partial charge in [-0.25, -0.2) is 15.0 Å². The largest absolute Gasteiger partial charge is 0.298 e. The summed E-state index contributed by atoms with van der Waals surface area (Å²) in [4.78, 5) is 23.4. The molecule has 2 aromatic heterocycles. The van der Waals surface area contributed by atoms with Crippen LogP contribution in [0.2, 0.25) is 0 Å². The molecule has 0 aliphatic rings. The monoisotopic (exact) mass is 313 g/mol. The maximum atomic E-state index is 10.6. The Morgan fingerprint density at radius 3 is 2.58 bits per heavy atom. The average Bonchev–Trinajstić information content (AvgIpc) is 2.47. The van der Waals surface area contributed by atoms with Gasteiger partial charge in [0.2, 0.25) is 0 Å². The number of rotatable bonds is 2. The summed E-state index contributed by atoms with van der Waals surface area (Å²) in [6.45, 7) is 0. The highest BCUT2D eigenvalue weighted by Gasteiger charge is 2.09.